The molecular weight excluding hydrogens is 262 g/mol. The minimum Gasteiger partial charge on any atom is -0.481 e. The second kappa shape index (κ2) is 6.85. The Kier molecular flexibility index (Phi) is 5.44. The Morgan fingerprint density at radius 2 is 2.11 bits per heavy atom. The molecule has 1 rings (SSSR count). The Balaban J connectivity index is 2.38. The van der Waals surface area contributed by atoms with E-state index < -0.39 is 17.6 Å². The van der Waals surface area contributed by atoms with E-state index in [1.54, 1.807) is 0 Å². The van der Waals surface area contributed by atoms with Crippen molar-refractivity contribution >= 4 is 29.0 Å². The van der Waals surface area contributed by atoms with Gasteiger partial charge in [0.05, 0.1) is 5.69 Å². The van der Waals surface area contributed by atoms with Crippen LogP contribution in [0.15, 0.2) is 18.2 Å². The molecule has 0 aromatic heterocycles. The summed E-state index contributed by atoms with van der Waals surface area (Å²) in [4.78, 5) is 10.3. The van der Waals surface area contributed by atoms with Gasteiger partial charge in [-0.2, -0.15) is 0 Å². The maximum absolute atomic E-state index is 13.2. The lowest BCUT2D eigenvalue weighted by atomic mass is 10.3. The number of benzene rings is 1. The molecule has 18 heavy (non-hydrogen) atoms. The second-order valence-corrected chi connectivity index (χ2v) is 3.91. The molecule has 0 amide bonds. The van der Waals surface area contributed by atoms with Crippen molar-refractivity contribution in [2.75, 3.05) is 11.9 Å². The van der Waals surface area contributed by atoms with E-state index in [1.807, 2.05) is 0 Å². The van der Waals surface area contributed by atoms with Crippen LogP contribution in [0.2, 0.25) is 0 Å². The lowest BCUT2D eigenvalue weighted by Gasteiger charge is -2.10. The van der Waals surface area contributed by atoms with Gasteiger partial charge in [0.25, 0.3) is 0 Å². The minimum atomic E-state index is -0.889. The average molecular weight is 274 g/mol. The van der Waals surface area contributed by atoms with E-state index in [-0.39, 0.29) is 17.2 Å². The van der Waals surface area contributed by atoms with Crippen molar-refractivity contribution in [2.45, 2.75) is 12.8 Å². The van der Waals surface area contributed by atoms with Crippen LogP contribution < -0.4 is 10.6 Å². The molecule has 0 radical (unpaired) electrons. The third-order valence-corrected chi connectivity index (χ3v) is 2.28. The number of thiocarbonyl (C=S) groups is 1. The molecule has 0 aliphatic carbocycles. The number of nitrogens with one attached hydrogen (secondary N) is 2. The van der Waals surface area contributed by atoms with Crippen LogP contribution in [0.4, 0.5) is 14.5 Å². The van der Waals surface area contributed by atoms with Gasteiger partial charge in [0.15, 0.2) is 5.11 Å². The van der Waals surface area contributed by atoms with Crippen LogP contribution >= 0.6 is 12.2 Å². The highest BCUT2D eigenvalue weighted by Crippen LogP contribution is 2.14. The first-order valence-electron chi connectivity index (χ1n) is 5.20. The van der Waals surface area contributed by atoms with Gasteiger partial charge in [-0.15, -0.1) is 0 Å². The predicted molar refractivity (Wildman–Crippen MR) is 67.5 cm³/mol. The van der Waals surface area contributed by atoms with Crippen LogP contribution in [-0.4, -0.2) is 22.7 Å². The number of hydrogen-bond acceptors (Lipinski definition) is 2. The van der Waals surface area contributed by atoms with E-state index in [4.69, 9.17) is 17.3 Å². The molecule has 4 nitrogen and oxygen atoms in total. The fraction of sp³-hybridized carbons (Fsp3) is 0.273. The summed E-state index contributed by atoms with van der Waals surface area (Å²) in [5.74, 6) is -2.30. The highest BCUT2D eigenvalue weighted by atomic mass is 32.1. The van der Waals surface area contributed by atoms with E-state index in [2.05, 4.69) is 10.6 Å². The molecule has 98 valence electrons. The molecule has 1 aromatic carbocycles. The van der Waals surface area contributed by atoms with Crippen LogP contribution in [-0.2, 0) is 4.79 Å². The standard InChI is InChI=1S/C11H12F2N2O2S/c12-7-3-4-9(8(13)6-7)15-11(18)14-5-1-2-10(16)17/h3-4,6H,1-2,5H2,(H,16,17)(H2,14,15,18). The molecule has 0 fully saturated rings. The third kappa shape index (κ3) is 5.05. The summed E-state index contributed by atoms with van der Waals surface area (Å²) in [7, 11) is 0. The van der Waals surface area contributed by atoms with Gasteiger partial charge in [-0.3, -0.25) is 4.79 Å². The normalized spacial score (nSPS) is 9.89. The molecule has 3 N–H and O–H groups in total. The SMILES string of the molecule is O=C(O)CCCNC(=S)Nc1ccc(F)cc1F. The predicted octanol–water partition coefficient (Wildman–Crippen LogP) is 2.12. The number of hydrogen-bond donors (Lipinski definition) is 3. The summed E-state index contributed by atoms with van der Waals surface area (Å²) >= 11 is 4.88. The average Bonchev–Trinajstić information content (AvgIpc) is 2.28. The smallest absolute Gasteiger partial charge is 0.303 e. The van der Waals surface area contributed by atoms with Crippen molar-refractivity contribution in [3.8, 4) is 0 Å². The van der Waals surface area contributed by atoms with Crippen molar-refractivity contribution in [1.29, 1.82) is 0 Å². The highest BCUT2D eigenvalue weighted by Gasteiger charge is 2.05. The summed E-state index contributed by atoms with van der Waals surface area (Å²) in [6.45, 7) is 0.362. The van der Waals surface area contributed by atoms with Crippen LogP contribution in [0.3, 0.4) is 0 Å². The van der Waals surface area contributed by atoms with Crippen molar-refractivity contribution in [3.63, 3.8) is 0 Å². The number of rotatable bonds is 5. The molecule has 7 heteroatoms. The highest BCUT2D eigenvalue weighted by molar-refractivity contribution is 7.80. The van der Waals surface area contributed by atoms with Crippen molar-refractivity contribution in [3.05, 3.63) is 29.8 Å². The van der Waals surface area contributed by atoms with Gasteiger partial charge in [-0.1, -0.05) is 0 Å². The summed E-state index contributed by atoms with van der Waals surface area (Å²) < 4.78 is 25.9. The van der Waals surface area contributed by atoms with Crippen molar-refractivity contribution in [1.82, 2.24) is 5.32 Å². The number of carboxylic acids is 1. The molecule has 0 heterocycles. The molecule has 0 atom stereocenters. The summed E-state index contributed by atoms with van der Waals surface area (Å²) in [5, 5.41) is 13.9. The fourth-order valence-electron chi connectivity index (χ4n) is 1.20. The second-order valence-electron chi connectivity index (χ2n) is 3.50. The van der Waals surface area contributed by atoms with Gasteiger partial charge < -0.3 is 15.7 Å². The number of halogens is 2. The Morgan fingerprint density at radius 3 is 2.72 bits per heavy atom. The first-order chi connectivity index (χ1) is 8.49. The lowest BCUT2D eigenvalue weighted by Crippen LogP contribution is -2.29. The van der Waals surface area contributed by atoms with Crippen LogP contribution in [0.25, 0.3) is 0 Å². The van der Waals surface area contributed by atoms with Crippen LogP contribution in [0.5, 0.6) is 0 Å². The first kappa shape index (κ1) is 14.3. The zero-order chi connectivity index (χ0) is 13.5. The molecule has 0 spiro atoms. The Morgan fingerprint density at radius 1 is 1.39 bits per heavy atom. The zero-order valence-electron chi connectivity index (χ0n) is 9.37. The molecular formula is C11H12F2N2O2S. The fourth-order valence-corrected chi connectivity index (χ4v) is 1.41. The Hall–Kier alpha value is -1.76. The first-order valence-corrected chi connectivity index (χ1v) is 5.61. The number of carbonyl (C=O) groups is 1. The zero-order valence-corrected chi connectivity index (χ0v) is 10.2. The van der Waals surface area contributed by atoms with Crippen LogP contribution in [0, 0.1) is 11.6 Å². The quantitative estimate of drug-likeness (QED) is 0.567. The van der Waals surface area contributed by atoms with E-state index in [1.165, 1.54) is 6.07 Å². The van der Waals surface area contributed by atoms with Crippen molar-refractivity contribution in [2.24, 2.45) is 0 Å². The van der Waals surface area contributed by atoms with E-state index in [0.717, 1.165) is 12.1 Å². The maximum Gasteiger partial charge on any atom is 0.303 e. The van der Waals surface area contributed by atoms with Crippen molar-refractivity contribution < 1.29 is 18.7 Å². The summed E-state index contributed by atoms with van der Waals surface area (Å²) in [5.41, 5.74) is 0.0622. The van der Waals surface area contributed by atoms with Gasteiger partial charge in [-0.05, 0) is 30.8 Å². The Labute approximate surface area is 108 Å². The van der Waals surface area contributed by atoms with Gasteiger partial charge in [-0.25, -0.2) is 8.78 Å². The largest absolute Gasteiger partial charge is 0.481 e. The topological polar surface area (TPSA) is 61.4 Å². The number of anilines is 1. The maximum atomic E-state index is 13.2. The van der Waals surface area contributed by atoms with E-state index >= 15 is 0 Å². The number of aliphatic carboxylic acids is 1. The third-order valence-electron chi connectivity index (χ3n) is 2.03. The van der Waals surface area contributed by atoms with Gasteiger partial charge in [0, 0.05) is 19.0 Å². The van der Waals surface area contributed by atoms with E-state index in [9.17, 15) is 13.6 Å². The minimum absolute atomic E-state index is 0.0283. The number of carboxylic acid groups (broad SMARTS) is 1. The van der Waals surface area contributed by atoms with E-state index in [0.29, 0.717) is 13.0 Å². The summed E-state index contributed by atoms with van der Waals surface area (Å²) in [6.07, 6.45) is 0.434. The molecule has 0 bridgehead atoms. The summed E-state index contributed by atoms with van der Waals surface area (Å²) in [6, 6.07) is 3.09. The monoisotopic (exact) mass is 274 g/mol. The van der Waals surface area contributed by atoms with Gasteiger partial charge >= 0.3 is 5.97 Å². The van der Waals surface area contributed by atoms with Gasteiger partial charge in [0.2, 0.25) is 0 Å². The van der Waals surface area contributed by atoms with Gasteiger partial charge in [0.1, 0.15) is 11.6 Å². The lowest BCUT2D eigenvalue weighted by molar-refractivity contribution is -0.137. The molecule has 0 saturated carbocycles. The molecule has 0 aliphatic rings. The van der Waals surface area contributed by atoms with Crippen LogP contribution in [0.1, 0.15) is 12.8 Å². The molecule has 1 aromatic rings. The molecule has 0 aliphatic heterocycles. The Bertz CT molecular complexity index is 455. The molecule has 0 unspecified atom stereocenters. The molecule has 0 saturated heterocycles.